The molecule has 25 heavy (non-hydrogen) atoms. The lowest BCUT2D eigenvalue weighted by Gasteiger charge is -2.37. The summed E-state index contributed by atoms with van der Waals surface area (Å²) in [7, 11) is 0. The van der Waals surface area contributed by atoms with E-state index in [2.05, 4.69) is 15.5 Å². The number of morpholine rings is 1. The van der Waals surface area contributed by atoms with E-state index in [-0.39, 0.29) is 48.9 Å². The summed E-state index contributed by atoms with van der Waals surface area (Å²) in [5.41, 5.74) is 1.04. The number of ether oxygens (including phenoxy) is 1. The van der Waals surface area contributed by atoms with Crippen molar-refractivity contribution in [1.82, 2.24) is 10.6 Å². The summed E-state index contributed by atoms with van der Waals surface area (Å²) in [4.78, 5) is 14.7. The molecule has 0 saturated carbocycles. The molecule has 0 aromatic heterocycles. The van der Waals surface area contributed by atoms with Crippen molar-refractivity contribution in [3.8, 4) is 0 Å². The predicted molar refractivity (Wildman–Crippen MR) is 107 cm³/mol. The molecule has 3 rings (SSSR count). The molecule has 8 heteroatoms. The standard InChI is InChI=1S/C17H24ClN3O2.2ClH/c1-12-16(19-8-10-23-12)17(22)20-13-5-4-9-21(11-13)15-7-3-2-6-14(15)18;;/h2-3,6-7,12-13,16,19H,4-5,8-11H2,1H3,(H,20,22);2*1H/t12-,13?,16+;;/m1../s1. The smallest absolute Gasteiger partial charge is 0.240 e. The molecule has 2 fully saturated rings. The molecule has 1 amide bonds. The van der Waals surface area contributed by atoms with Crippen LogP contribution in [0.4, 0.5) is 5.69 Å². The van der Waals surface area contributed by atoms with E-state index in [0.717, 1.165) is 43.2 Å². The van der Waals surface area contributed by atoms with Crippen LogP contribution in [0.5, 0.6) is 0 Å². The first-order valence-corrected chi connectivity index (χ1v) is 8.68. The molecule has 2 aliphatic rings. The first-order valence-electron chi connectivity index (χ1n) is 8.30. The van der Waals surface area contributed by atoms with E-state index >= 15 is 0 Å². The highest BCUT2D eigenvalue weighted by molar-refractivity contribution is 6.33. The Morgan fingerprint density at radius 1 is 1.36 bits per heavy atom. The molecule has 0 spiro atoms. The molecule has 0 radical (unpaired) electrons. The number of rotatable bonds is 3. The number of carbonyl (C=O) groups excluding carboxylic acids is 1. The summed E-state index contributed by atoms with van der Waals surface area (Å²) < 4.78 is 5.56. The fourth-order valence-electron chi connectivity index (χ4n) is 3.34. The number of halogens is 3. The lowest BCUT2D eigenvalue weighted by Crippen LogP contribution is -2.58. The Balaban J connectivity index is 0.00000156. The van der Waals surface area contributed by atoms with Crippen LogP contribution >= 0.6 is 36.4 Å². The van der Waals surface area contributed by atoms with Crippen LogP contribution < -0.4 is 15.5 Å². The minimum Gasteiger partial charge on any atom is -0.375 e. The topological polar surface area (TPSA) is 53.6 Å². The Kier molecular flexibility index (Phi) is 9.32. The molecule has 1 unspecified atom stereocenters. The van der Waals surface area contributed by atoms with Gasteiger partial charge in [-0.3, -0.25) is 4.79 Å². The van der Waals surface area contributed by atoms with Crippen LogP contribution in [0.25, 0.3) is 0 Å². The van der Waals surface area contributed by atoms with Crippen LogP contribution in [0.1, 0.15) is 19.8 Å². The van der Waals surface area contributed by atoms with Gasteiger partial charge in [-0.1, -0.05) is 23.7 Å². The van der Waals surface area contributed by atoms with E-state index in [4.69, 9.17) is 16.3 Å². The second kappa shape index (κ2) is 10.4. The zero-order chi connectivity index (χ0) is 16.2. The molecule has 1 aromatic rings. The third-order valence-electron chi connectivity index (χ3n) is 4.56. The number of nitrogens with one attached hydrogen (secondary N) is 2. The number of para-hydroxylation sites is 1. The van der Waals surface area contributed by atoms with Gasteiger partial charge in [-0.15, -0.1) is 24.8 Å². The molecule has 5 nitrogen and oxygen atoms in total. The van der Waals surface area contributed by atoms with Gasteiger partial charge in [-0.05, 0) is 31.9 Å². The highest BCUT2D eigenvalue weighted by atomic mass is 35.5. The molecular weight excluding hydrogens is 385 g/mol. The maximum Gasteiger partial charge on any atom is 0.240 e. The monoisotopic (exact) mass is 409 g/mol. The van der Waals surface area contributed by atoms with E-state index in [1.165, 1.54) is 0 Å². The normalized spacial score (nSPS) is 26.2. The highest BCUT2D eigenvalue weighted by Gasteiger charge is 2.31. The third-order valence-corrected chi connectivity index (χ3v) is 4.88. The van der Waals surface area contributed by atoms with Crippen molar-refractivity contribution in [1.29, 1.82) is 0 Å². The number of hydrogen-bond donors (Lipinski definition) is 2. The maximum absolute atomic E-state index is 12.5. The van der Waals surface area contributed by atoms with Crippen molar-refractivity contribution >= 4 is 48.0 Å². The van der Waals surface area contributed by atoms with Gasteiger partial charge in [-0.25, -0.2) is 0 Å². The van der Waals surface area contributed by atoms with E-state index < -0.39 is 0 Å². The fraction of sp³-hybridized carbons (Fsp3) is 0.588. The summed E-state index contributed by atoms with van der Waals surface area (Å²) in [6.45, 7) is 5.08. The number of hydrogen-bond acceptors (Lipinski definition) is 4. The van der Waals surface area contributed by atoms with Crippen molar-refractivity contribution in [3.05, 3.63) is 29.3 Å². The second-order valence-corrected chi connectivity index (χ2v) is 6.66. The van der Waals surface area contributed by atoms with Crippen molar-refractivity contribution in [2.24, 2.45) is 0 Å². The maximum atomic E-state index is 12.5. The summed E-state index contributed by atoms with van der Waals surface area (Å²) in [6.07, 6.45) is 1.95. The number of anilines is 1. The number of benzene rings is 1. The molecule has 3 atom stereocenters. The van der Waals surface area contributed by atoms with Gasteiger partial charge in [0.2, 0.25) is 5.91 Å². The van der Waals surface area contributed by atoms with Crippen LogP contribution in [0.15, 0.2) is 24.3 Å². The lowest BCUT2D eigenvalue weighted by molar-refractivity contribution is -0.129. The molecular formula is C17H26Cl3N3O2. The van der Waals surface area contributed by atoms with Gasteiger partial charge in [-0.2, -0.15) is 0 Å². The van der Waals surface area contributed by atoms with Gasteiger partial charge in [0, 0.05) is 25.7 Å². The van der Waals surface area contributed by atoms with Gasteiger partial charge >= 0.3 is 0 Å². The zero-order valence-electron chi connectivity index (χ0n) is 14.2. The summed E-state index contributed by atoms with van der Waals surface area (Å²) in [6, 6.07) is 7.75. The number of nitrogens with zero attached hydrogens (tertiary/aromatic N) is 1. The van der Waals surface area contributed by atoms with Gasteiger partial charge in [0.15, 0.2) is 0 Å². The van der Waals surface area contributed by atoms with E-state index in [0.29, 0.717) is 6.61 Å². The van der Waals surface area contributed by atoms with Crippen LogP contribution in [-0.4, -0.2) is 50.3 Å². The first-order chi connectivity index (χ1) is 11.1. The van der Waals surface area contributed by atoms with Gasteiger partial charge in [0.25, 0.3) is 0 Å². The second-order valence-electron chi connectivity index (χ2n) is 6.25. The van der Waals surface area contributed by atoms with E-state index in [9.17, 15) is 4.79 Å². The fourth-order valence-corrected chi connectivity index (χ4v) is 3.60. The van der Waals surface area contributed by atoms with E-state index in [1.807, 2.05) is 31.2 Å². The Labute approximate surface area is 166 Å². The first kappa shape index (κ1) is 22.3. The Hall–Kier alpha value is -0.720. The Morgan fingerprint density at radius 2 is 2.12 bits per heavy atom. The lowest BCUT2D eigenvalue weighted by atomic mass is 10.0. The average Bonchev–Trinajstić information content (AvgIpc) is 2.56. The highest BCUT2D eigenvalue weighted by Crippen LogP contribution is 2.27. The van der Waals surface area contributed by atoms with E-state index in [1.54, 1.807) is 0 Å². The largest absolute Gasteiger partial charge is 0.375 e. The summed E-state index contributed by atoms with van der Waals surface area (Å²) in [5, 5.41) is 7.17. The molecule has 2 aliphatic heterocycles. The predicted octanol–water partition coefficient (Wildman–Crippen LogP) is 2.65. The molecule has 0 aliphatic carbocycles. The minimum absolute atomic E-state index is 0. The average molecular weight is 411 g/mol. The number of piperidine rings is 1. The minimum atomic E-state index is -0.264. The Morgan fingerprint density at radius 3 is 2.84 bits per heavy atom. The van der Waals surface area contributed by atoms with Gasteiger partial charge < -0.3 is 20.3 Å². The molecule has 2 heterocycles. The Bertz CT molecular complexity index is 562. The quantitative estimate of drug-likeness (QED) is 0.804. The van der Waals surface area contributed by atoms with Crippen LogP contribution in [-0.2, 0) is 9.53 Å². The summed E-state index contributed by atoms with van der Waals surface area (Å²) >= 11 is 6.30. The van der Waals surface area contributed by atoms with Crippen molar-refractivity contribution in [2.45, 2.75) is 38.0 Å². The molecule has 1 aromatic carbocycles. The van der Waals surface area contributed by atoms with Crippen LogP contribution in [0.3, 0.4) is 0 Å². The molecule has 2 saturated heterocycles. The molecule has 0 bridgehead atoms. The molecule has 142 valence electrons. The van der Waals surface area contributed by atoms with Crippen molar-refractivity contribution in [3.63, 3.8) is 0 Å². The van der Waals surface area contributed by atoms with Crippen molar-refractivity contribution < 1.29 is 9.53 Å². The van der Waals surface area contributed by atoms with Gasteiger partial charge in [0.1, 0.15) is 6.04 Å². The number of carbonyl (C=O) groups is 1. The van der Waals surface area contributed by atoms with Crippen LogP contribution in [0, 0.1) is 0 Å². The third kappa shape index (κ3) is 5.63. The number of amides is 1. The van der Waals surface area contributed by atoms with Crippen molar-refractivity contribution in [2.75, 3.05) is 31.1 Å². The molecule has 2 N–H and O–H groups in total. The van der Waals surface area contributed by atoms with Gasteiger partial charge in [0.05, 0.1) is 23.4 Å². The zero-order valence-corrected chi connectivity index (χ0v) is 16.6. The van der Waals surface area contributed by atoms with Crippen LogP contribution in [0.2, 0.25) is 5.02 Å². The SMILES string of the molecule is C[C@H]1OCCN[C@@H]1C(=O)NC1CCCN(c2ccccc2Cl)C1.Cl.Cl. The summed E-state index contributed by atoms with van der Waals surface area (Å²) in [5.74, 6) is 0.0307.